The Bertz CT molecular complexity index is 388. The van der Waals surface area contributed by atoms with Gasteiger partial charge in [-0.1, -0.05) is 33.1 Å². The van der Waals surface area contributed by atoms with Crippen molar-refractivity contribution in [1.29, 1.82) is 0 Å². The normalized spacial score (nSPS) is 26.5. The van der Waals surface area contributed by atoms with Gasteiger partial charge < -0.3 is 9.94 Å². The summed E-state index contributed by atoms with van der Waals surface area (Å²) >= 11 is 2.10. The van der Waals surface area contributed by atoms with E-state index in [4.69, 9.17) is 4.84 Å². The molecule has 0 radical (unpaired) electrons. The molecule has 1 heterocycles. The molecule has 0 aromatic rings. The topological polar surface area (TPSA) is 53.0 Å². The van der Waals surface area contributed by atoms with Crippen molar-refractivity contribution >= 4 is 17.7 Å². The molecule has 0 aromatic carbocycles. The van der Waals surface area contributed by atoms with E-state index in [2.05, 4.69) is 30.5 Å². The van der Waals surface area contributed by atoms with Gasteiger partial charge in [-0.2, -0.15) is 16.8 Å². The maximum absolute atomic E-state index is 11.3. The lowest BCUT2D eigenvalue weighted by Gasteiger charge is -2.32. The molecule has 5 nitrogen and oxygen atoms in total. The van der Waals surface area contributed by atoms with Gasteiger partial charge in [-0.05, 0) is 31.6 Å². The molecule has 2 fully saturated rings. The Morgan fingerprint density at radius 1 is 1.29 bits per heavy atom. The van der Waals surface area contributed by atoms with Crippen molar-refractivity contribution in [2.75, 3.05) is 26.7 Å². The van der Waals surface area contributed by atoms with Crippen molar-refractivity contribution in [3.63, 3.8) is 0 Å². The van der Waals surface area contributed by atoms with Crippen molar-refractivity contribution in [3.8, 4) is 0 Å². The van der Waals surface area contributed by atoms with Gasteiger partial charge >= 0.3 is 5.97 Å². The summed E-state index contributed by atoms with van der Waals surface area (Å²) in [5.74, 6) is -0.132. The standard InChI is InChI=1S/C18H34N2O3S/c1-14(2)9-10-20(23-3)17-11-16(12-19(17)13-18(21)22)24-15-7-5-4-6-8-15/h14-17H,4-13H2,1-3H3,(H,21,22). The van der Waals surface area contributed by atoms with Crippen molar-refractivity contribution in [2.45, 2.75) is 75.5 Å². The number of likely N-dealkylation sites (tertiary alicyclic amines) is 1. The Morgan fingerprint density at radius 3 is 2.58 bits per heavy atom. The zero-order valence-corrected chi connectivity index (χ0v) is 16.3. The number of carbonyl (C=O) groups is 1. The summed E-state index contributed by atoms with van der Waals surface area (Å²) in [5, 5.41) is 12.6. The van der Waals surface area contributed by atoms with Crippen LogP contribution >= 0.6 is 11.8 Å². The van der Waals surface area contributed by atoms with Crippen molar-refractivity contribution in [2.24, 2.45) is 5.92 Å². The summed E-state index contributed by atoms with van der Waals surface area (Å²) in [6, 6.07) is 0. The van der Waals surface area contributed by atoms with Crippen LogP contribution in [0, 0.1) is 5.92 Å². The van der Waals surface area contributed by atoms with Crippen LogP contribution in [-0.2, 0) is 9.63 Å². The fraction of sp³-hybridized carbons (Fsp3) is 0.944. The summed E-state index contributed by atoms with van der Waals surface area (Å²) < 4.78 is 0. The molecule has 1 aliphatic heterocycles. The SMILES string of the molecule is CON(CCC(C)C)C1CC(SC2CCCCC2)CN1CC(=O)O. The summed E-state index contributed by atoms with van der Waals surface area (Å²) in [5.41, 5.74) is 0. The third kappa shape index (κ3) is 6.21. The molecule has 0 amide bonds. The zero-order valence-electron chi connectivity index (χ0n) is 15.4. The van der Waals surface area contributed by atoms with Crippen LogP contribution < -0.4 is 0 Å². The fourth-order valence-corrected chi connectivity index (χ4v) is 5.52. The molecule has 140 valence electrons. The van der Waals surface area contributed by atoms with Gasteiger partial charge in [-0.25, -0.2) is 0 Å². The first-order chi connectivity index (χ1) is 11.5. The summed E-state index contributed by atoms with van der Waals surface area (Å²) in [7, 11) is 1.71. The lowest BCUT2D eigenvalue weighted by atomic mass is 10.0. The van der Waals surface area contributed by atoms with Crippen LogP contribution in [-0.4, -0.2) is 64.4 Å². The predicted octanol–water partition coefficient (Wildman–Crippen LogP) is 3.45. The highest BCUT2D eigenvalue weighted by molar-refractivity contribution is 8.00. The molecule has 1 N–H and O–H groups in total. The van der Waals surface area contributed by atoms with Gasteiger partial charge in [0.05, 0.1) is 19.8 Å². The number of carboxylic acid groups (broad SMARTS) is 1. The molecule has 2 unspecified atom stereocenters. The van der Waals surface area contributed by atoms with E-state index in [0.717, 1.165) is 31.2 Å². The molecule has 2 atom stereocenters. The summed E-state index contributed by atoms with van der Waals surface area (Å²) in [6.45, 7) is 6.24. The van der Waals surface area contributed by atoms with E-state index in [1.54, 1.807) is 7.11 Å². The second kappa shape index (κ2) is 10.00. The van der Waals surface area contributed by atoms with Gasteiger partial charge in [-0.15, -0.1) is 0 Å². The molecule has 1 saturated heterocycles. The smallest absolute Gasteiger partial charge is 0.317 e. The van der Waals surface area contributed by atoms with Crippen LogP contribution in [0.5, 0.6) is 0 Å². The molecule has 24 heavy (non-hydrogen) atoms. The maximum Gasteiger partial charge on any atom is 0.317 e. The average molecular weight is 359 g/mol. The second-order valence-electron chi connectivity index (χ2n) is 7.56. The number of thioether (sulfide) groups is 1. The number of aliphatic carboxylic acids is 1. The molecular formula is C18H34N2O3S. The average Bonchev–Trinajstić information content (AvgIpc) is 2.90. The molecule has 1 aliphatic carbocycles. The number of hydroxylamine groups is 2. The molecule has 6 heteroatoms. The molecule has 0 bridgehead atoms. The predicted molar refractivity (Wildman–Crippen MR) is 99.0 cm³/mol. The number of nitrogens with zero attached hydrogens (tertiary/aromatic N) is 2. The monoisotopic (exact) mass is 358 g/mol. The van der Waals surface area contributed by atoms with Gasteiger partial charge in [0.2, 0.25) is 0 Å². The van der Waals surface area contributed by atoms with Crippen LogP contribution in [0.3, 0.4) is 0 Å². The minimum atomic E-state index is -0.747. The van der Waals surface area contributed by atoms with E-state index in [0.29, 0.717) is 11.2 Å². The molecule has 1 saturated carbocycles. The first kappa shape index (κ1) is 20.0. The van der Waals surface area contributed by atoms with Crippen molar-refractivity contribution in [1.82, 2.24) is 9.96 Å². The lowest BCUT2D eigenvalue weighted by molar-refractivity contribution is -0.194. The Labute approximate surface area is 151 Å². The Morgan fingerprint density at radius 2 is 2.00 bits per heavy atom. The Hall–Kier alpha value is -0.300. The highest BCUT2D eigenvalue weighted by atomic mass is 32.2. The van der Waals surface area contributed by atoms with Gasteiger partial charge in [0.1, 0.15) is 0 Å². The fourth-order valence-electron chi connectivity index (χ4n) is 3.80. The van der Waals surface area contributed by atoms with E-state index in [-0.39, 0.29) is 12.7 Å². The van der Waals surface area contributed by atoms with Crippen molar-refractivity contribution < 1.29 is 14.7 Å². The van der Waals surface area contributed by atoms with Gasteiger partial charge in [0.15, 0.2) is 0 Å². The van der Waals surface area contributed by atoms with Gasteiger partial charge in [0, 0.05) is 23.6 Å². The summed E-state index contributed by atoms with van der Waals surface area (Å²) in [6.07, 6.45) is 8.88. The van der Waals surface area contributed by atoms with E-state index in [1.165, 1.54) is 32.1 Å². The molecular weight excluding hydrogens is 324 g/mol. The van der Waals surface area contributed by atoms with E-state index >= 15 is 0 Å². The van der Waals surface area contributed by atoms with Gasteiger partial charge in [-0.3, -0.25) is 9.69 Å². The molecule has 0 spiro atoms. The minimum Gasteiger partial charge on any atom is -0.480 e. The van der Waals surface area contributed by atoms with Crippen LogP contribution in [0.2, 0.25) is 0 Å². The third-order valence-electron chi connectivity index (χ3n) is 5.10. The summed E-state index contributed by atoms with van der Waals surface area (Å²) in [4.78, 5) is 19.0. The highest BCUT2D eigenvalue weighted by Crippen LogP contribution is 2.37. The third-order valence-corrected chi connectivity index (χ3v) is 6.69. The molecule has 2 rings (SSSR count). The number of rotatable bonds is 9. The maximum atomic E-state index is 11.3. The number of hydrogen-bond acceptors (Lipinski definition) is 5. The number of carboxylic acids is 1. The van der Waals surface area contributed by atoms with Crippen LogP contribution in [0.15, 0.2) is 0 Å². The quantitative estimate of drug-likeness (QED) is 0.637. The Kier molecular flexibility index (Phi) is 8.34. The van der Waals surface area contributed by atoms with E-state index < -0.39 is 5.97 Å². The second-order valence-corrected chi connectivity index (χ2v) is 9.17. The molecule has 2 aliphatic rings. The number of hydrogen-bond donors (Lipinski definition) is 1. The van der Waals surface area contributed by atoms with Crippen LogP contribution in [0.25, 0.3) is 0 Å². The Balaban J connectivity index is 1.95. The first-order valence-corrected chi connectivity index (χ1v) is 10.4. The van der Waals surface area contributed by atoms with Crippen LogP contribution in [0.4, 0.5) is 0 Å². The van der Waals surface area contributed by atoms with E-state index in [9.17, 15) is 9.90 Å². The van der Waals surface area contributed by atoms with Crippen LogP contribution in [0.1, 0.15) is 58.8 Å². The largest absolute Gasteiger partial charge is 0.480 e. The molecule has 0 aromatic heterocycles. The zero-order chi connectivity index (χ0) is 17.5. The van der Waals surface area contributed by atoms with Crippen molar-refractivity contribution in [3.05, 3.63) is 0 Å². The van der Waals surface area contributed by atoms with E-state index in [1.807, 2.05) is 5.06 Å². The highest BCUT2D eigenvalue weighted by Gasteiger charge is 2.38. The first-order valence-electron chi connectivity index (χ1n) is 9.41. The van der Waals surface area contributed by atoms with Gasteiger partial charge in [0.25, 0.3) is 0 Å². The lowest BCUT2D eigenvalue weighted by Crippen LogP contribution is -2.46. The minimum absolute atomic E-state index is 0.0888.